The van der Waals surface area contributed by atoms with Crippen LogP contribution in [0.25, 0.3) is 10.9 Å². The number of rotatable bonds is 3. The Labute approximate surface area is 116 Å². The summed E-state index contributed by atoms with van der Waals surface area (Å²) in [6, 6.07) is 13.3. The van der Waals surface area contributed by atoms with Crippen LogP contribution in [0.5, 0.6) is 0 Å². The predicted octanol–water partition coefficient (Wildman–Crippen LogP) is 2.56. The van der Waals surface area contributed by atoms with Crippen LogP contribution in [-0.4, -0.2) is 15.9 Å². The van der Waals surface area contributed by atoms with Crippen molar-refractivity contribution in [3.63, 3.8) is 0 Å². The van der Waals surface area contributed by atoms with E-state index in [1.807, 2.05) is 30.3 Å². The number of amides is 1. The van der Waals surface area contributed by atoms with Crippen molar-refractivity contribution >= 4 is 16.8 Å². The number of nitrogens with one attached hydrogen (secondary N) is 1. The number of nitrogens with zero attached hydrogens (tertiary/aromatic N) is 2. The van der Waals surface area contributed by atoms with Crippen molar-refractivity contribution in [1.29, 1.82) is 0 Å². The molecule has 4 nitrogen and oxygen atoms in total. The minimum absolute atomic E-state index is 0.126. The molecule has 3 rings (SSSR count). The van der Waals surface area contributed by atoms with Crippen molar-refractivity contribution in [3.8, 4) is 0 Å². The topological polar surface area (TPSA) is 54.9 Å². The zero-order valence-electron chi connectivity index (χ0n) is 10.8. The molecule has 1 N–H and O–H groups in total. The molecular formula is C16H13N3O. The minimum Gasteiger partial charge on any atom is -0.348 e. The summed E-state index contributed by atoms with van der Waals surface area (Å²) in [6.07, 6.45) is 4.96. The van der Waals surface area contributed by atoms with Crippen molar-refractivity contribution in [1.82, 2.24) is 15.3 Å². The number of hydrogen-bond acceptors (Lipinski definition) is 3. The second kappa shape index (κ2) is 5.48. The van der Waals surface area contributed by atoms with Gasteiger partial charge in [-0.25, -0.2) is 0 Å². The fraction of sp³-hybridized carbons (Fsp3) is 0.0625. The molecular weight excluding hydrogens is 250 g/mol. The average molecular weight is 263 g/mol. The Bertz CT molecular complexity index is 736. The van der Waals surface area contributed by atoms with E-state index in [1.54, 1.807) is 30.7 Å². The second-order valence-corrected chi connectivity index (χ2v) is 4.41. The summed E-state index contributed by atoms with van der Waals surface area (Å²) in [5.41, 5.74) is 2.54. The SMILES string of the molecule is O=C(NCc1ccnc2ccccc12)c1cccnc1. The average Bonchev–Trinajstić information content (AvgIpc) is 2.53. The number of carbonyl (C=O) groups excluding carboxylic acids is 1. The third-order valence-electron chi connectivity index (χ3n) is 3.10. The first-order valence-electron chi connectivity index (χ1n) is 6.35. The summed E-state index contributed by atoms with van der Waals surface area (Å²) in [5, 5.41) is 3.96. The van der Waals surface area contributed by atoms with Gasteiger partial charge >= 0.3 is 0 Å². The molecule has 0 bridgehead atoms. The molecule has 1 aromatic carbocycles. The Morgan fingerprint density at radius 3 is 2.80 bits per heavy atom. The fourth-order valence-electron chi connectivity index (χ4n) is 2.08. The Morgan fingerprint density at radius 2 is 1.95 bits per heavy atom. The number of carbonyl (C=O) groups is 1. The first kappa shape index (κ1) is 12.3. The molecule has 0 saturated carbocycles. The van der Waals surface area contributed by atoms with Crippen LogP contribution in [-0.2, 0) is 6.54 Å². The maximum Gasteiger partial charge on any atom is 0.253 e. The molecule has 0 saturated heterocycles. The molecule has 0 fully saturated rings. The maximum atomic E-state index is 12.0. The van der Waals surface area contributed by atoms with Gasteiger partial charge in [-0.1, -0.05) is 18.2 Å². The first-order chi connectivity index (χ1) is 9.84. The van der Waals surface area contributed by atoms with Crippen molar-refractivity contribution in [2.24, 2.45) is 0 Å². The summed E-state index contributed by atoms with van der Waals surface area (Å²) in [6.45, 7) is 0.469. The number of benzene rings is 1. The van der Waals surface area contributed by atoms with Gasteiger partial charge in [0.05, 0.1) is 11.1 Å². The van der Waals surface area contributed by atoms with Crippen molar-refractivity contribution < 1.29 is 4.79 Å². The van der Waals surface area contributed by atoms with Gasteiger partial charge in [0.2, 0.25) is 0 Å². The highest BCUT2D eigenvalue weighted by Gasteiger charge is 2.06. The molecule has 20 heavy (non-hydrogen) atoms. The van der Waals surface area contributed by atoms with E-state index in [1.165, 1.54) is 0 Å². The van der Waals surface area contributed by atoms with Crippen molar-refractivity contribution in [2.45, 2.75) is 6.54 Å². The van der Waals surface area contributed by atoms with Gasteiger partial charge in [-0.3, -0.25) is 14.8 Å². The molecule has 2 heterocycles. The van der Waals surface area contributed by atoms with Crippen LogP contribution >= 0.6 is 0 Å². The minimum atomic E-state index is -0.126. The Kier molecular flexibility index (Phi) is 3.37. The molecule has 2 aromatic heterocycles. The molecule has 0 aliphatic heterocycles. The summed E-state index contributed by atoms with van der Waals surface area (Å²) >= 11 is 0. The number of aromatic nitrogens is 2. The summed E-state index contributed by atoms with van der Waals surface area (Å²) in [5.74, 6) is -0.126. The van der Waals surface area contributed by atoms with E-state index in [4.69, 9.17) is 0 Å². The van der Waals surface area contributed by atoms with E-state index in [-0.39, 0.29) is 5.91 Å². The van der Waals surface area contributed by atoms with E-state index in [0.717, 1.165) is 16.5 Å². The zero-order chi connectivity index (χ0) is 13.8. The van der Waals surface area contributed by atoms with Gasteiger partial charge in [-0.2, -0.15) is 0 Å². The molecule has 0 aliphatic carbocycles. The van der Waals surface area contributed by atoms with E-state index in [0.29, 0.717) is 12.1 Å². The summed E-state index contributed by atoms with van der Waals surface area (Å²) < 4.78 is 0. The Hall–Kier alpha value is -2.75. The smallest absolute Gasteiger partial charge is 0.253 e. The van der Waals surface area contributed by atoms with Gasteiger partial charge in [0.15, 0.2) is 0 Å². The quantitative estimate of drug-likeness (QED) is 0.790. The van der Waals surface area contributed by atoms with Crippen LogP contribution < -0.4 is 5.32 Å². The highest BCUT2D eigenvalue weighted by atomic mass is 16.1. The second-order valence-electron chi connectivity index (χ2n) is 4.41. The molecule has 3 aromatic rings. The van der Waals surface area contributed by atoms with E-state index >= 15 is 0 Å². The lowest BCUT2D eigenvalue weighted by Crippen LogP contribution is -2.23. The molecule has 0 atom stereocenters. The molecule has 4 heteroatoms. The van der Waals surface area contributed by atoms with E-state index in [2.05, 4.69) is 15.3 Å². The van der Waals surface area contributed by atoms with Crippen molar-refractivity contribution in [2.75, 3.05) is 0 Å². The lowest BCUT2D eigenvalue weighted by atomic mass is 10.1. The Morgan fingerprint density at radius 1 is 1.05 bits per heavy atom. The molecule has 0 spiro atoms. The van der Waals surface area contributed by atoms with Crippen LogP contribution in [0, 0.1) is 0 Å². The van der Waals surface area contributed by atoms with E-state index < -0.39 is 0 Å². The Balaban J connectivity index is 1.79. The monoisotopic (exact) mass is 263 g/mol. The molecule has 0 radical (unpaired) electrons. The van der Waals surface area contributed by atoms with Gasteiger partial charge in [0, 0.05) is 30.5 Å². The fourth-order valence-corrected chi connectivity index (χ4v) is 2.08. The van der Waals surface area contributed by atoms with Crippen LogP contribution in [0.4, 0.5) is 0 Å². The van der Waals surface area contributed by atoms with Crippen LogP contribution in [0.1, 0.15) is 15.9 Å². The number of pyridine rings is 2. The lowest BCUT2D eigenvalue weighted by molar-refractivity contribution is 0.0950. The zero-order valence-corrected chi connectivity index (χ0v) is 10.8. The third kappa shape index (κ3) is 2.49. The van der Waals surface area contributed by atoms with Gasteiger partial charge < -0.3 is 5.32 Å². The van der Waals surface area contributed by atoms with Gasteiger partial charge in [-0.15, -0.1) is 0 Å². The summed E-state index contributed by atoms with van der Waals surface area (Å²) in [4.78, 5) is 20.2. The predicted molar refractivity (Wildman–Crippen MR) is 77.2 cm³/mol. The van der Waals surface area contributed by atoms with Crippen LogP contribution in [0.15, 0.2) is 61.1 Å². The van der Waals surface area contributed by atoms with Crippen LogP contribution in [0.3, 0.4) is 0 Å². The number of fused-ring (bicyclic) bond motifs is 1. The number of para-hydroxylation sites is 1. The van der Waals surface area contributed by atoms with Gasteiger partial charge in [-0.05, 0) is 29.8 Å². The lowest BCUT2D eigenvalue weighted by Gasteiger charge is -2.07. The van der Waals surface area contributed by atoms with Crippen molar-refractivity contribution in [3.05, 3.63) is 72.2 Å². The number of hydrogen-bond donors (Lipinski definition) is 1. The highest BCUT2D eigenvalue weighted by Crippen LogP contribution is 2.15. The molecule has 0 unspecified atom stereocenters. The summed E-state index contributed by atoms with van der Waals surface area (Å²) in [7, 11) is 0. The standard InChI is InChI=1S/C16H13N3O/c20-16(13-4-3-8-17-10-13)19-11-12-7-9-18-15-6-2-1-5-14(12)15/h1-10H,11H2,(H,19,20). The first-order valence-corrected chi connectivity index (χ1v) is 6.35. The largest absolute Gasteiger partial charge is 0.348 e. The molecule has 0 aliphatic rings. The van der Waals surface area contributed by atoms with E-state index in [9.17, 15) is 4.79 Å². The molecule has 1 amide bonds. The molecule has 98 valence electrons. The van der Waals surface area contributed by atoms with Gasteiger partial charge in [0.25, 0.3) is 5.91 Å². The normalized spacial score (nSPS) is 10.4. The van der Waals surface area contributed by atoms with Crippen LogP contribution in [0.2, 0.25) is 0 Å². The third-order valence-corrected chi connectivity index (χ3v) is 3.10. The highest BCUT2D eigenvalue weighted by molar-refractivity contribution is 5.94. The van der Waals surface area contributed by atoms with Gasteiger partial charge in [0.1, 0.15) is 0 Å². The maximum absolute atomic E-state index is 12.0.